The second kappa shape index (κ2) is 8.47. The van der Waals surface area contributed by atoms with E-state index in [4.69, 9.17) is 0 Å². The number of nitrogens with one attached hydrogen (secondary N) is 3. The predicted molar refractivity (Wildman–Crippen MR) is 75.3 cm³/mol. The smallest absolute Gasteiger partial charge is 0.315 e. The van der Waals surface area contributed by atoms with Crippen LogP contribution in [0.3, 0.4) is 0 Å². The largest absolute Gasteiger partial charge is 0.352 e. The van der Waals surface area contributed by atoms with Gasteiger partial charge in [-0.15, -0.1) is 11.3 Å². The van der Waals surface area contributed by atoms with Crippen LogP contribution in [0, 0.1) is 0 Å². The van der Waals surface area contributed by atoms with Crippen molar-refractivity contribution in [3.8, 4) is 0 Å². The van der Waals surface area contributed by atoms with Gasteiger partial charge in [-0.3, -0.25) is 4.79 Å². The third-order valence-electron chi connectivity index (χ3n) is 2.60. The van der Waals surface area contributed by atoms with Gasteiger partial charge in [0.25, 0.3) is 0 Å². The van der Waals surface area contributed by atoms with Crippen molar-refractivity contribution in [3.05, 3.63) is 16.6 Å². The van der Waals surface area contributed by atoms with E-state index < -0.39 is 24.7 Å². The number of halogens is 1. The standard InChI is InChI=1S/C12H19FN4O2S/c1-3-9(11-15-6-7-20-11)17-12(19)16-8(2)10(18)14-5-4-13/h6-9H,3-5H2,1-2H3,(H,14,18)(H2,16,17,19)/t8-,9+/m1/s1. The highest BCUT2D eigenvalue weighted by Gasteiger charge is 2.18. The molecule has 3 amide bonds. The van der Waals surface area contributed by atoms with Crippen LogP contribution in [0.5, 0.6) is 0 Å². The molecular formula is C12H19FN4O2S. The average molecular weight is 302 g/mol. The van der Waals surface area contributed by atoms with Crippen LogP contribution in [0.25, 0.3) is 0 Å². The molecule has 1 aromatic rings. The predicted octanol–water partition coefficient (Wildman–Crippen LogP) is 1.37. The molecule has 0 saturated carbocycles. The van der Waals surface area contributed by atoms with Gasteiger partial charge < -0.3 is 16.0 Å². The van der Waals surface area contributed by atoms with Crippen molar-refractivity contribution in [2.24, 2.45) is 0 Å². The zero-order valence-corrected chi connectivity index (χ0v) is 12.3. The normalized spacial score (nSPS) is 13.3. The number of carbonyl (C=O) groups is 2. The van der Waals surface area contributed by atoms with Crippen molar-refractivity contribution in [1.29, 1.82) is 0 Å². The first kappa shape index (κ1) is 16.4. The third-order valence-corrected chi connectivity index (χ3v) is 3.49. The molecule has 1 heterocycles. The molecule has 20 heavy (non-hydrogen) atoms. The molecule has 0 aliphatic heterocycles. The average Bonchev–Trinajstić information content (AvgIpc) is 2.95. The minimum absolute atomic E-state index is 0.0524. The van der Waals surface area contributed by atoms with Gasteiger partial charge in [-0.2, -0.15) is 0 Å². The van der Waals surface area contributed by atoms with E-state index in [2.05, 4.69) is 20.9 Å². The van der Waals surface area contributed by atoms with E-state index in [-0.39, 0.29) is 12.6 Å². The maximum absolute atomic E-state index is 11.9. The number of thiazole rings is 1. The molecule has 0 aliphatic carbocycles. The van der Waals surface area contributed by atoms with Crippen LogP contribution in [0.1, 0.15) is 31.3 Å². The lowest BCUT2D eigenvalue weighted by molar-refractivity contribution is -0.122. The molecule has 0 saturated heterocycles. The first-order valence-corrected chi connectivity index (χ1v) is 7.26. The Hall–Kier alpha value is -1.70. The quantitative estimate of drug-likeness (QED) is 0.711. The van der Waals surface area contributed by atoms with E-state index in [0.717, 1.165) is 5.01 Å². The third kappa shape index (κ3) is 5.12. The number of rotatable bonds is 7. The summed E-state index contributed by atoms with van der Waals surface area (Å²) < 4.78 is 11.9. The number of hydrogen-bond donors (Lipinski definition) is 3. The monoisotopic (exact) mass is 302 g/mol. The van der Waals surface area contributed by atoms with Crippen molar-refractivity contribution in [3.63, 3.8) is 0 Å². The van der Waals surface area contributed by atoms with Gasteiger partial charge in [-0.05, 0) is 13.3 Å². The first-order chi connectivity index (χ1) is 9.58. The highest BCUT2D eigenvalue weighted by molar-refractivity contribution is 7.09. The molecule has 0 spiro atoms. The van der Waals surface area contributed by atoms with Gasteiger partial charge in [-0.25, -0.2) is 14.2 Å². The highest BCUT2D eigenvalue weighted by atomic mass is 32.1. The molecule has 0 fully saturated rings. The zero-order chi connectivity index (χ0) is 15.0. The molecule has 0 aromatic carbocycles. The second-order valence-electron chi connectivity index (χ2n) is 4.15. The summed E-state index contributed by atoms with van der Waals surface area (Å²) in [4.78, 5) is 27.4. The van der Waals surface area contributed by atoms with Crippen molar-refractivity contribution in [2.45, 2.75) is 32.4 Å². The fraction of sp³-hybridized carbons (Fsp3) is 0.583. The second-order valence-corrected chi connectivity index (χ2v) is 5.08. The summed E-state index contributed by atoms with van der Waals surface area (Å²) in [6.45, 7) is 2.79. The lowest BCUT2D eigenvalue weighted by Crippen LogP contribution is -2.49. The van der Waals surface area contributed by atoms with E-state index in [1.807, 2.05) is 12.3 Å². The highest BCUT2D eigenvalue weighted by Crippen LogP contribution is 2.18. The van der Waals surface area contributed by atoms with E-state index >= 15 is 0 Å². The van der Waals surface area contributed by atoms with Gasteiger partial charge in [0, 0.05) is 18.1 Å². The SMILES string of the molecule is CC[C@H](NC(=O)N[C@H](C)C(=O)NCCF)c1nccs1. The summed E-state index contributed by atoms with van der Waals surface area (Å²) in [6, 6.07) is -1.36. The first-order valence-electron chi connectivity index (χ1n) is 6.38. The molecule has 8 heteroatoms. The van der Waals surface area contributed by atoms with Gasteiger partial charge in [0.05, 0.1) is 6.04 Å². The van der Waals surface area contributed by atoms with Crippen LogP contribution in [0.4, 0.5) is 9.18 Å². The minimum atomic E-state index is -0.727. The van der Waals surface area contributed by atoms with Crippen LogP contribution in [-0.2, 0) is 4.79 Å². The number of aromatic nitrogens is 1. The molecule has 0 radical (unpaired) electrons. The Morgan fingerprint density at radius 3 is 2.75 bits per heavy atom. The fourth-order valence-corrected chi connectivity index (χ4v) is 2.30. The Morgan fingerprint density at radius 1 is 1.45 bits per heavy atom. The topological polar surface area (TPSA) is 83.1 Å². The Labute approximate surface area is 121 Å². The summed E-state index contributed by atoms with van der Waals surface area (Å²) in [5.74, 6) is -0.417. The molecule has 1 rings (SSSR count). The molecule has 6 nitrogen and oxygen atoms in total. The molecule has 0 aliphatic rings. The molecular weight excluding hydrogens is 283 g/mol. The van der Waals surface area contributed by atoms with E-state index in [1.54, 1.807) is 6.20 Å². The van der Waals surface area contributed by atoms with Gasteiger partial charge in [0.1, 0.15) is 17.7 Å². The number of nitrogens with zero attached hydrogens (tertiary/aromatic N) is 1. The minimum Gasteiger partial charge on any atom is -0.352 e. The Kier molecular flexibility index (Phi) is 6.92. The van der Waals surface area contributed by atoms with Crippen molar-refractivity contribution >= 4 is 23.3 Å². The van der Waals surface area contributed by atoms with Crippen molar-refractivity contribution < 1.29 is 14.0 Å². The van der Waals surface area contributed by atoms with E-state index in [1.165, 1.54) is 18.3 Å². The van der Waals surface area contributed by atoms with Crippen LogP contribution < -0.4 is 16.0 Å². The number of hydrogen-bond acceptors (Lipinski definition) is 4. The zero-order valence-electron chi connectivity index (χ0n) is 11.5. The number of carbonyl (C=O) groups excluding carboxylic acids is 2. The molecule has 112 valence electrons. The number of urea groups is 1. The number of amides is 3. The maximum Gasteiger partial charge on any atom is 0.315 e. The van der Waals surface area contributed by atoms with Gasteiger partial charge in [-0.1, -0.05) is 6.92 Å². The summed E-state index contributed by atoms with van der Waals surface area (Å²) in [5.41, 5.74) is 0. The van der Waals surface area contributed by atoms with Gasteiger partial charge in [0.2, 0.25) is 5.91 Å². The fourth-order valence-electron chi connectivity index (χ4n) is 1.53. The Morgan fingerprint density at radius 2 is 2.20 bits per heavy atom. The van der Waals surface area contributed by atoms with E-state index in [9.17, 15) is 14.0 Å². The van der Waals surface area contributed by atoms with Gasteiger partial charge >= 0.3 is 6.03 Å². The lowest BCUT2D eigenvalue weighted by Gasteiger charge is -2.18. The molecule has 0 unspecified atom stereocenters. The molecule has 3 N–H and O–H groups in total. The lowest BCUT2D eigenvalue weighted by atomic mass is 10.2. The Bertz CT molecular complexity index is 427. The summed E-state index contributed by atoms with van der Waals surface area (Å²) in [7, 11) is 0. The number of alkyl halides is 1. The molecule has 0 bridgehead atoms. The summed E-state index contributed by atoms with van der Waals surface area (Å²) in [6.07, 6.45) is 2.37. The van der Waals surface area contributed by atoms with Crippen molar-refractivity contribution in [1.82, 2.24) is 20.9 Å². The van der Waals surface area contributed by atoms with Gasteiger partial charge in [0.15, 0.2) is 0 Å². The van der Waals surface area contributed by atoms with Crippen LogP contribution in [0.2, 0.25) is 0 Å². The van der Waals surface area contributed by atoms with Crippen molar-refractivity contribution in [2.75, 3.05) is 13.2 Å². The van der Waals surface area contributed by atoms with Crippen LogP contribution >= 0.6 is 11.3 Å². The van der Waals surface area contributed by atoms with Crippen LogP contribution in [-0.4, -0.2) is 36.2 Å². The summed E-state index contributed by atoms with van der Waals surface area (Å²) >= 11 is 1.46. The maximum atomic E-state index is 11.9. The molecule has 1 aromatic heterocycles. The Balaban J connectivity index is 2.44. The summed E-state index contributed by atoms with van der Waals surface area (Å²) in [5, 5.41) is 10.3. The molecule has 2 atom stereocenters. The van der Waals surface area contributed by atoms with Crippen LogP contribution in [0.15, 0.2) is 11.6 Å². The van der Waals surface area contributed by atoms with E-state index in [0.29, 0.717) is 6.42 Å².